The highest BCUT2D eigenvalue weighted by atomic mass is 16.2. The third-order valence-corrected chi connectivity index (χ3v) is 2.08. The fraction of sp³-hybridized carbons (Fsp3) is 0.364. The Hall–Kier alpha value is -2.15. The van der Waals surface area contributed by atoms with Crippen molar-refractivity contribution < 1.29 is 9.59 Å². The van der Waals surface area contributed by atoms with Crippen molar-refractivity contribution in [2.24, 2.45) is 5.84 Å². The zero-order chi connectivity index (χ0) is 13.5. The number of hydrogen-bond acceptors (Lipinski definition) is 5. The molecule has 1 aromatic heterocycles. The van der Waals surface area contributed by atoms with Gasteiger partial charge in [-0.05, 0) is 19.9 Å². The molecule has 0 fully saturated rings. The summed E-state index contributed by atoms with van der Waals surface area (Å²) in [7, 11) is 0. The minimum Gasteiger partial charge on any atom is -0.352 e. The Morgan fingerprint density at radius 3 is 2.78 bits per heavy atom. The second-order valence-corrected chi connectivity index (χ2v) is 3.97. The Labute approximate surface area is 105 Å². The number of anilines is 1. The van der Waals surface area contributed by atoms with Crippen molar-refractivity contribution >= 4 is 17.5 Å². The smallest absolute Gasteiger partial charge is 0.255 e. The van der Waals surface area contributed by atoms with Gasteiger partial charge in [0.25, 0.3) is 5.91 Å². The minimum atomic E-state index is -0.407. The molecule has 0 saturated carbocycles. The Bertz CT molecular complexity index is 433. The third-order valence-electron chi connectivity index (χ3n) is 2.08. The summed E-state index contributed by atoms with van der Waals surface area (Å²) in [6, 6.07) is 1.61. The van der Waals surface area contributed by atoms with Gasteiger partial charge < -0.3 is 16.1 Å². The summed E-state index contributed by atoms with van der Waals surface area (Å²) in [6.45, 7) is 3.60. The van der Waals surface area contributed by atoms with Gasteiger partial charge in [0.1, 0.15) is 0 Å². The Kier molecular flexibility index (Phi) is 5.06. The maximum absolute atomic E-state index is 11.8. The highest BCUT2D eigenvalue weighted by molar-refractivity contribution is 6.00. The SMILES string of the molecule is CC(C)NC(=O)CNC(=O)c1cnccc1NN. The van der Waals surface area contributed by atoms with Crippen molar-refractivity contribution in [1.82, 2.24) is 15.6 Å². The van der Waals surface area contributed by atoms with E-state index < -0.39 is 5.91 Å². The minimum absolute atomic E-state index is 0.0362. The molecule has 7 nitrogen and oxygen atoms in total. The fourth-order valence-electron chi connectivity index (χ4n) is 1.33. The highest BCUT2D eigenvalue weighted by Crippen LogP contribution is 2.10. The van der Waals surface area contributed by atoms with E-state index in [0.717, 1.165) is 0 Å². The summed E-state index contributed by atoms with van der Waals surface area (Å²) < 4.78 is 0. The van der Waals surface area contributed by atoms with Crippen LogP contribution in [0.5, 0.6) is 0 Å². The number of nitrogens with zero attached hydrogens (tertiary/aromatic N) is 1. The van der Waals surface area contributed by atoms with E-state index in [2.05, 4.69) is 21.0 Å². The normalized spacial score (nSPS) is 10.0. The lowest BCUT2D eigenvalue weighted by Gasteiger charge is -2.10. The van der Waals surface area contributed by atoms with Crippen molar-refractivity contribution in [3.05, 3.63) is 24.0 Å². The predicted molar refractivity (Wildman–Crippen MR) is 67.7 cm³/mol. The van der Waals surface area contributed by atoms with Gasteiger partial charge >= 0.3 is 0 Å². The van der Waals surface area contributed by atoms with Gasteiger partial charge in [0.2, 0.25) is 5.91 Å². The zero-order valence-corrected chi connectivity index (χ0v) is 10.4. The van der Waals surface area contributed by atoms with Crippen LogP contribution in [0.15, 0.2) is 18.5 Å². The molecular weight excluding hydrogens is 234 g/mol. The van der Waals surface area contributed by atoms with Crippen molar-refractivity contribution in [2.45, 2.75) is 19.9 Å². The maximum Gasteiger partial charge on any atom is 0.255 e. The van der Waals surface area contributed by atoms with E-state index in [4.69, 9.17) is 5.84 Å². The van der Waals surface area contributed by atoms with Crippen molar-refractivity contribution in [2.75, 3.05) is 12.0 Å². The van der Waals surface area contributed by atoms with Crippen LogP contribution in [0.2, 0.25) is 0 Å². The molecule has 18 heavy (non-hydrogen) atoms. The second-order valence-electron chi connectivity index (χ2n) is 3.97. The lowest BCUT2D eigenvalue weighted by atomic mass is 10.2. The quantitative estimate of drug-likeness (QED) is 0.421. The molecule has 7 heteroatoms. The monoisotopic (exact) mass is 251 g/mol. The molecule has 98 valence electrons. The summed E-state index contributed by atoms with van der Waals surface area (Å²) in [6.07, 6.45) is 2.89. The van der Waals surface area contributed by atoms with E-state index in [9.17, 15) is 9.59 Å². The lowest BCUT2D eigenvalue weighted by Crippen LogP contribution is -2.40. The van der Waals surface area contributed by atoms with Crippen molar-refractivity contribution in [3.63, 3.8) is 0 Å². The molecule has 0 radical (unpaired) electrons. The van der Waals surface area contributed by atoms with Crippen LogP contribution in [0.25, 0.3) is 0 Å². The van der Waals surface area contributed by atoms with Gasteiger partial charge in [-0.1, -0.05) is 0 Å². The number of aromatic nitrogens is 1. The van der Waals surface area contributed by atoms with Gasteiger partial charge in [0.15, 0.2) is 0 Å². The molecule has 1 aromatic rings. The molecule has 1 heterocycles. The number of hydrazine groups is 1. The molecule has 0 aliphatic rings. The molecule has 0 aromatic carbocycles. The lowest BCUT2D eigenvalue weighted by molar-refractivity contribution is -0.120. The molecule has 1 rings (SSSR count). The van der Waals surface area contributed by atoms with Crippen molar-refractivity contribution in [1.29, 1.82) is 0 Å². The summed E-state index contributed by atoms with van der Waals surface area (Å²) in [5, 5.41) is 5.16. The van der Waals surface area contributed by atoms with Gasteiger partial charge in [-0.2, -0.15) is 0 Å². The fourth-order valence-corrected chi connectivity index (χ4v) is 1.33. The second kappa shape index (κ2) is 6.55. The Morgan fingerprint density at radius 1 is 1.44 bits per heavy atom. The number of nitrogens with two attached hydrogens (primary N) is 1. The first-order chi connectivity index (χ1) is 8.54. The zero-order valence-electron chi connectivity index (χ0n) is 10.4. The van der Waals surface area contributed by atoms with E-state index in [-0.39, 0.29) is 24.1 Å². The van der Waals surface area contributed by atoms with E-state index in [1.807, 2.05) is 13.8 Å². The van der Waals surface area contributed by atoms with Crippen LogP contribution in [-0.2, 0) is 4.79 Å². The van der Waals surface area contributed by atoms with Crippen LogP contribution in [0, 0.1) is 0 Å². The number of nitrogens with one attached hydrogen (secondary N) is 3. The first kappa shape index (κ1) is 13.9. The molecule has 0 aliphatic carbocycles. The molecule has 0 spiro atoms. The van der Waals surface area contributed by atoms with Gasteiger partial charge in [0.05, 0.1) is 17.8 Å². The number of amides is 2. The average Bonchev–Trinajstić information content (AvgIpc) is 2.35. The van der Waals surface area contributed by atoms with Crippen LogP contribution in [-0.4, -0.2) is 29.4 Å². The molecule has 5 N–H and O–H groups in total. The number of carbonyl (C=O) groups excluding carboxylic acids is 2. The van der Waals surface area contributed by atoms with Crippen molar-refractivity contribution in [3.8, 4) is 0 Å². The standard InChI is InChI=1S/C11H17N5O2/c1-7(2)15-10(17)6-14-11(18)8-5-13-4-3-9(8)16-12/h3-5,7H,6,12H2,1-2H3,(H,13,16)(H,14,18)(H,15,17). The van der Waals surface area contributed by atoms with Crippen LogP contribution < -0.4 is 21.9 Å². The summed E-state index contributed by atoms with van der Waals surface area (Å²) >= 11 is 0. The number of pyridine rings is 1. The van der Waals surface area contributed by atoms with Crippen LogP contribution in [0.4, 0.5) is 5.69 Å². The van der Waals surface area contributed by atoms with E-state index in [0.29, 0.717) is 5.69 Å². The molecular formula is C11H17N5O2. The summed E-state index contributed by atoms with van der Waals surface area (Å²) in [5.74, 6) is 4.62. The van der Waals surface area contributed by atoms with Crippen LogP contribution >= 0.6 is 0 Å². The Morgan fingerprint density at radius 2 is 2.17 bits per heavy atom. The molecule has 0 unspecified atom stereocenters. The summed E-state index contributed by atoms with van der Waals surface area (Å²) in [5.41, 5.74) is 3.13. The molecule has 0 atom stereocenters. The number of rotatable bonds is 5. The van der Waals surface area contributed by atoms with E-state index in [1.165, 1.54) is 12.4 Å². The van der Waals surface area contributed by atoms with Gasteiger partial charge in [-0.25, -0.2) is 0 Å². The Balaban J connectivity index is 2.58. The first-order valence-corrected chi connectivity index (χ1v) is 5.52. The largest absolute Gasteiger partial charge is 0.352 e. The van der Waals surface area contributed by atoms with Crippen LogP contribution in [0.1, 0.15) is 24.2 Å². The molecule has 0 bridgehead atoms. The topological polar surface area (TPSA) is 109 Å². The van der Waals surface area contributed by atoms with E-state index in [1.54, 1.807) is 6.07 Å². The third kappa shape index (κ3) is 4.02. The number of nitrogen functional groups attached to an aromatic ring is 1. The summed E-state index contributed by atoms with van der Waals surface area (Å²) in [4.78, 5) is 27.0. The van der Waals surface area contributed by atoms with Crippen LogP contribution in [0.3, 0.4) is 0 Å². The van der Waals surface area contributed by atoms with Gasteiger partial charge in [-0.15, -0.1) is 0 Å². The maximum atomic E-state index is 11.8. The van der Waals surface area contributed by atoms with Gasteiger partial charge in [0, 0.05) is 18.4 Å². The number of carbonyl (C=O) groups is 2. The molecule has 0 aliphatic heterocycles. The average molecular weight is 251 g/mol. The van der Waals surface area contributed by atoms with Gasteiger partial charge in [-0.3, -0.25) is 20.4 Å². The molecule has 2 amide bonds. The number of hydrogen-bond donors (Lipinski definition) is 4. The predicted octanol–water partition coefficient (Wildman–Crippen LogP) is -0.378. The molecule has 0 saturated heterocycles. The van der Waals surface area contributed by atoms with E-state index >= 15 is 0 Å². The first-order valence-electron chi connectivity index (χ1n) is 5.52. The highest BCUT2D eigenvalue weighted by Gasteiger charge is 2.12.